The molecule has 1 aliphatic rings. The van der Waals surface area contributed by atoms with Crippen molar-refractivity contribution in [3.63, 3.8) is 0 Å². The van der Waals surface area contributed by atoms with E-state index >= 15 is 0 Å². The molecule has 0 atom stereocenters. The first-order valence-corrected chi connectivity index (χ1v) is 6.87. The van der Waals surface area contributed by atoms with Crippen LogP contribution in [0, 0.1) is 0 Å². The van der Waals surface area contributed by atoms with Crippen molar-refractivity contribution in [3.8, 4) is 0 Å². The molecule has 1 aliphatic carbocycles. The third kappa shape index (κ3) is 1.71. The van der Waals surface area contributed by atoms with Crippen molar-refractivity contribution in [2.45, 2.75) is 6.42 Å². The van der Waals surface area contributed by atoms with Gasteiger partial charge in [-0.3, -0.25) is 0 Å². The molecular formula is C19H14O. The molecule has 0 fully saturated rings. The van der Waals surface area contributed by atoms with Crippen LogP contribution < -0.4 is 0 Å². The fourth-order valence-electron chi connectivity index (χ4n) is 2.73. The molecule has 0 amide bonds. The van der Waals surface area contributed by atoms with Gasteiger partial charge < -0.3 is 4.42 Å². The van der Waals surface area contributed by atoms with Crippen LogP contribution in [0.2, 0.25) is 0 Å². The summed E-state index contributed by atoms with van der Waals surface area (Å²) in [7, 11) is 0. The summed E-state index contributed by atoms with van der Waals surface area (Å²) in [5.74, 6) is 0. The highest BCUT2D eigenvalue weighted by atomic mass is 16.3. The summed E-state index contributed by atoms with van der Waals surface area (Å²) in [6.45, 7) is 0. The number of furan rings is 1. The van der Waals surface area contributed by atoms with Gasteiger partial charge in [-0.05, 0) is 18.1 Å². The van der Waals surface area contributed by atoms with Crippen molar-refractivity contribution in [1.29, 1.82) is 0 Å². The van der Waals surface area contributed by atoms with Crippen LogP contribution in [0.25, 0.3) is 27.5 Å². The van der Waals surface area contributed by atoms with Gasteiger partial charge in [0.25, 0.3) is 0 Å². The predicted molar refractivity (Wildman–Crippen MR) is 84.6 cm³/mol. The van der Waals surface area contributed by atoms with Gasteiger partial charge in [-0.25, -0.2) is 0 Å². The molecule has 0 N–H and O–H groups in total. The van der Waals surface area contributed by atoms with Crippen LogP contribution in [0.15, 0.2) is 77.3 Å². The number of hydrogen-bond acceptors (Lipinski definition) is 1. The molecule has 0 radical (unpaired) electrons. The van der Waals surface area contributed by atoms with Gasteiger partial charge in [-0.2, -0.15) is 0 Å². The van der Waals surface area contributed by atoms with E-state index in [-0.39, 0.29) is 0 Å². The molecule has 4 rings (SSSR count). The van der Waals surface area contributed by atoms with E-state index < -0.39 is 0 Å². The predicted octanol–water partition coefficient (Wildman–Crippen LogP) is 5.49. The first-order chi connectivity index (χ1) is 9.93. The van der Waals surface area contributed by atoms with Crippen molar-refractivity contribution in [1.82, 2.24) is 0 Å². The minimum Gasteiger partial charge on any atom is -0.455 e. The van der Waals surface area contributed by atoms with Crippen molar-refractivity contribution >= 4 is 27.5 Å². The first-order valence-electron chi connectivity index (χ1n) is 6.87. The van der Waals surface area contributed by atoms with E-state index in [1.807, 2.05) is 12.1 Å². The van der Waals surface area contributed by atoms with Gasteiger partial charge in [-0.1, -0.05) is 66.8 Å². The van der Waals surface area contributed by atoms with E-state index in [4.69, 9.17) is 4.42 Å². The van der Waals surface area contributed by atoms with E-state index in [2.05, 4.69) is 60.7 Å². The lowest BCUT2D eigenvalue weighted by Crippen LogP contribution is -1.81. The van der Waals surface area contributed by atoms with Gasteiger partial charge in [-0.15, -0.1) is 0 Å². The van der Waals surface area contributed by atoms with E-state index in [9.17, 15) is 0 Å². The minimum absolute atomic E-state index is 0.948. The van der Waals surface area contributed by atoms with Crippen molar-refractivity contribution in [2.24, 2.45) is 0 Å². The molecule has 1 aromatic heterocycles. The number of hydrogen-bond donors (Lipinski definition) is 0. The Labute approximate surface area is 117 Å². The zero-order valence-electron chi connectivity index (χ0n) is 11.0. The van der Waals surface area contributed by atoms with E-state index in [1.165, 1.54) is 16.3 Å². The van der Waals surface area contributed by atoms with E-state index in [0.29, 0.717) is 0 Å². The Hall–Kier alpha value is -2.54. The molecule has 0 bridgehead atoms. The standard InChI is InChI=1S/C19H14O/c1-2-4-9-14(8-3-1)15-11-7-12-17-16-10-5-6-13-18(16)20-19(15)17/h1,3-13H,2H2. The fourth-order valence-corrected chi connectivity index (χ4v) is 2.73. The highest BCUT2D eigenvalue weighted by molar-refractivity contribution is 6.08. The number of benzene rings is 2. The van der Waals surface area contributed by atoms with Crippen LogP contribution in [0.3, 0.4) is 0 Å². The highest BCUT2D eigenvalue weighted by Gasteiger charge is 2.11. The molecule has 96 valence electrons. The van der Waals surface area contributed by atoms with Crippen molar-refractivity contribution in [2.75, 3.05) is 0 Å². The molecule has 0 saturated carbocycles. The molecule has 3 aromatic rings. The monoisotopic (exact) mass is 258 g/mol. The molecule has 20 heavy (non-hydrogen) atoms. The average molecular weight is 258 g/mol. The summed E-state index contributed by atoms with van der Waals surface area (Å²) in [5, 5.41) is 2.36. The molecule has 1 nitrogen and oxygen atoms in total. The normalized spacial score (nSPS) is 14.7. The number of allylic oxidation sites excluding steroid dienone is 6. The Bertz CT molecular complexity index is 875. The third-order valence-electron chi connectivity index (χ3n) is 3.70. The van der Waals surface area contributed by atoms with Crippen LogP contribution in [-0.2, 0) is 0 Å². The molecular weight excluding hydrogens is 244 g/mol. The Balaban J connectivity index is 2.05. The molecule has 0 aliphatic heterocycles. The Kier molecular flexibility index (Phi) is 2.56. The van der Waals surface area contributed by atoms with E-state index in [1.54, 1.807) is 0 Å². The second-order valence-electron chi connectivity index (χ2n) is 4.97. The van der Waals surface area contributed by atoms with Gasteiger partial charge in [0.05, 0.1) is 0 Å². The Morgan fingerprint density at radius 3 is 2.75 bits per heavy atom. The molecule has 1 heterocycles. The summed E-state index contributed by atoms with van der Waals surface area (Å²) in [6.07, 6.45) is 11.7. The maximum absolute atomic E-state index is 6.08. The first kappa shape index (κ1) is 11.3. The number of fused-ring (bicyclic) bond motifs is 3. The lowest BCUT2D eigenvalue weighted by Gasteiger charge is -2.02. The topological polar surface area (TPSA) is 13.1 Å². The SMILES string of the molecule is C1=CCC=CC(c2cccc3c2oc2ccccc23)=C1. The maximum atomic E-state index is 6.08. The number of rotatable bonds is 1. The van der Waals surface area contributed by atoms with Crippen LogP contribution in [-0.4, -0.2) is 0 Å². The van der Waals surface area contributed by atoms with Crippen LogP contribution in [0.5, 0.6) is 0 Å². The van der Waals surface area contributed by atoms with Gasteiger partial charge in [0, 0.05) is 16.3 Å². The number of para-hydroxylation sites is 2. The zero-order chi connectivity index (χ0) is 13.4. The summed E-state index contributed by atoms with van der Waals surface area (Å²) in [6, 6.07) is 14.6. The highest BCUT2D eigenvalue weighted by Crippen LogP contribution is 2.34. The lowest BCUT2D eigenvalue weighted by molar-refractivity contribution is 0.668. The second kappa shape index (κ2) is 4.53. The maximum Gasteiger partial charge on any atom is 0.143 e. The van der Waals surface area contributed by atoms with Crippen LogP contribution in [0.1, 0.15) is 12.0 Å². The molecule has 0 unspecified atom stereocenters. The van der Waals surface area contributed by atoms with Gasteiger partial charge in [0.15, 0.2) is 0 Å². The lowest BCUT2D eigenvalue weighted by atomic mass is 10.0. The van der Waals surface area contributed by atoms with Crippen molar-refractivity contribution < 1.29 is 4.42 Å². The van der Waals surface area contributed by atoms with E-state index in [0.717, 1.165) is 23.2 Å². The quantitative estimate of drug-likeness (QED) is 0.563. The Morgan fingerprint density at radius 2 is 1.75 bits per heavy atom. The fraction of sp³-hybridized carbons (Fsp3) is 0.0526. The average Bonchev–Trinajstić information content (AvgIpc) is 2.68. The molecule has 1 heteroatoms. The second-order valence-corrected chi connectivity index (χ2v) is 4.97. The smallest absolute Gasteiger partial charge is 0.143 e. The molecule has 0 spiro atoms. The van der Waals surface area contributed by atoms with Crippen LogP contribution >= 0.6 is 0 Å². The third-order valence-corrected chi connectivity index (χ3v) is 3.70. The molecule has 2 aromatic carbocycles. The van der Waals surface area contributed by atoms with Crippen LogP contribution in [0.4, 0.5) is 0 Å². The summed E-state index contributed by atoms with van der Waals surface area (Å²) >= 11 is 0. The summed E-state index contributed by atoms with van der Waals surface area (Å²) < 4.78 is 6.08. The Morgan fingerprint density at radius 1 is 0.850 bits per heavy atom. The summed E-state index contributed by atoms with van der Waals surface area (Å²) in [4.78, 5) is 0. The van der Waals surface area contributed by atoms with Crippen molar-refractivity contribution in [3.05, 3.63) is 78.4 Å². The largest absolute Gasteiger partial charge is 0.455 e. The zero-order valence-corrected chi connectivity index (χ0v) is 11.0. The molecule has 0 saturated heterocycles. The van der Waals surface area contributed by atoms with Gasteiger partial charge in [0.1, 0.15) is 11.2 Å². The van der Waals surface area contributed by atoms with Gasteiger partial charge >= 0.3 is 0 Å². The minimum atomic E-state index is 0.948. The van der Waals surface area contributed by atoms with Gasteiger partial charge in [0.2, 0.25) is 0 Å². The summed E-state index contributed by atoms with van der Waals surface area (Å²) in [5.41, 5.74) is 4.27.